The standard InChI is InChI=1S/C34H35NO5/c1-24(25-8-6-5-7-9-25)34(26-10-15-29(16-11-26)39-21-20-35(2)3)27-12-17-30(18-13-27)40-23-32(37)28-14-19-31(36)33(22-28)38-4/h5-19,22,36H,20-21,23H2,1-4H3/b34-24+. The molecule has 4 aromatic rings. The fourth-order valence-corrected chi connectivity index (χ4v) is 4.30. The molecule has 0 atom stereocenters. The highest BCUT2D eigenvalue weighted by atomic mass is 16.5. The van der Waals surface area contributed by atoms with Crippen LogP contribution in [0, 0.1) is 0 Å². The maximum absolute atomic E-state index is 12.6. The predicted octanol–water partition coefficient (Wildman–Crippen LogP) is 6.58. The number of nitrogens with zero attached hydrogens (tertiary/aromatic N) is 1. The first-order valence-electron chi connectivity index (χ1n) is 13.1. The summed E-state index contributed by atoms with van der Waals surface area (Å²) < 4.78 is 16.8. The van der Waals surface area contributed by atoms with Gasteiger partial charge in [0, 0.05) is 12.1 Å². The van der Waals surface area contributed by atoms with E-state index in [0.29, 0.717) is 17.9 Å². The van der Waals surface area contributed by atoms with E-state index in [1.54, 1.807) is 6.07 Å². The normalized spacial score (nSPS) is 11.6. The van der Waals surface area contributed by atoms with Crippen LogP contribution in [0.2, 0.25) is 0 Å². The Morgan fingerprint density at radius 3 is 1.90 bits per heavy atom. The molecule has 0 unspecified atom stereocenters. The van der Waals surface area contributed by atoms with Crippen LogP contribution in [0.15, 0.2) is 97.1 Å². The van der Waals surface area contributed by atoms with Gasteiger partial charge in [0.1, 0.15) is 18.1 Å². The molecule has 0 aliphatic heterocycles. The molecule has 0 radical (unpaired) electrons. The van der Waals surface area contributed by atoms with Gasteiger partial charge < -0.3 is 24.2 Å². The molecular formula is C34H35NO5. The first-order valence-corrected chi connectivity index (χ1v) is 13.1. The molecule has 0 spiro atoms. The number of Topliss-reactive ketones (excluding diaryl/α,β-unsaturated/α-hetero) is 1. The average Bonchev–Trinajstić information content (AvgIpc) is 2.98. The van der Waals surface area contributed by atoms with Crippen LogP contribution in [0.1, 0.15) is 34.0 Å². The number of phenols is 1. The van der Waals surface area contributed by atoms with Gasteiger partial charge in [-0.05, 0) is 91.3 Å². The van der Waals surface area contributed by atoms with Gasteiger partial charge in [-0.2, -0.15) is 0 Å². The van der Waals surface area contributed by atoms with Crippen LogP contribution >= 0.6 is 0 Å². The van der Waals surface area contributed by atoms with Gasteiger partial charge in [-0.3, -0.25) is 4.79 Å². The van der Waals surface area contributed by atoms with Crippen molar-refractivity contribution in [2.75, 3.05) is 41.0 Å². The number of benzene rings is 4. The highest BCUT2D eigenvalue weighted by molar-refractivity contribution is 5.98. The van der Waals surface area contributed by atoms with Crippen molar-refractivity contribution < 1.29 is 24.1 Å². The number of allylic oxidation sites excluding steroid dienone is 1. The van der Waals surface area contributed by atoms with Gasteiger partial charge in [0.25, 0.3) is 0 Å². The van der Waals surface area contributed by atoms with Crippen molar-refractivity contribution in [3.05, 3.63) is 119 Å². The van der Waals surface area contributed by atoms with Crippen LogP contribution in [0.5, 0.6) is 23.0 Å². The van der Waals surface area contributed by atoms with Gasteiger partial charge in [0.15, 0.2) is 23.9 Å². The lowest BCUT2D eigenvalue weighted by Gasteiger charge is -2.16. The zero-order chi connectivity index (χ0) is 28.5. The summed E-state index contributed by atoms with van der Waals surface area (Å²) in [6, 6.07) is 30.7. The number of ketones is 1. The molecule has 206 valence electrons. The van der Waals surface area contributed by atoms with Gasteiger partial charge in [-0.15, -0.1) is 0 Å². The molecule has 0 saturated heterocycles. The van der Waals surface area contributed by atoms with Crippen LogP contribution in [-0.2, 0) is 0 Å². The van der Waals surface area contributed by atoms with Crippen LogP contribution in [0.25, 0.3) is 11.1 Å². The van der Waals surface area contributed by atoms with Crippen molar-refractivity contribution in [2.45, 2.75) is 6.92 Å². The Hall–Kier alpha value is -4.55. The molecule has 0 aliphatic rings. The molecule has 0 fully saturated rings. The number of phenolic OH excluding ortho intramolecular Hbond substituents is 1. The number of carbonyl (C=O) groups is 1. The second-order valence-electron chi connectivity index (χ2n) is 9.66. The van der Waals surface area contributed by atoms with Crippen molar-refractivity contribution in [1.82, 2.24) is 4.90 Å². The maximum Gasteiger partial charge on any atom is 0.200 e. The largest absolute Gasteiger partial charge is 0.504 e. The Balaban J connectivity index is 1.54. The van der Waals surface area contributed by atoms with E-state index >= 15 is 0 Å². The summed E-state index contributed by atoms with van der Waals surface area (Å²) >= 11 is 0. The molecule has 1 N–H and O–H groups in total. The summed E-state index contributed by atoms with van der Waals surface area (Å²) in [6.45, 7) is 3.47. The van der Waals surface area contributed by atoms with Gasteiger partial charge in [0.2, 0.25) is 0 Å². The fraction of sp³-hybridized carbons (Fsp3) is 0.206. The molecule has 6 nitrogen and oxygen atoms in total. The van der Waals surface area contributed by atoms with E-state index in [4.69, 9.17) is 14.2 Å². The lowest BCUT2D eigenvalue weighted by Crippen LogP contribution is -2.19. The molecule has 0 amide bonds. The maximum atomic E-state index is 12.6. The van der Waals surface area contributed by atoms with Gasteiger partial charge in [-0.25, -0.2) is 0 Å². The molecule has 4 rings (SSSR count). The molecular weight excluding hydrogens is 502 g/mol. The van der Waals surface area contributed by atoms with Crippen LogP contribution < -0.4 is 14.2 Å². The Bertz CT molecular complexity index is 1440. The number of hydrogen-bond donors (Lipinski definition) is 1. The third-order valence-corrected chi connectivity index (χ3v) is 6.55. The number of hydrogen-bond acceptors (Lipinski definition) is 6. The van der Waals surface area contributed by atoms with Crippen molar-refractivity contribution in [2.24, 2.45) is 0 Å². The SMILES string of the molecule is COc1cc(C(=O)COc2ccc(/C(=C(\C)c3ccccc3)c3ccc(OCCN(C)C)cc3)cc2)ccc1O. The Kier molecular flexibility index (Phi) is 9.60. The predicted molar refractivity (Wildman–Crippen MR) is 159 cm³/mol. The van der Waals surface area contributed by atoms with Crippen molar-refractivity contribution >= 4 is 16.9 Å². The monoisotopic (exact) mass is 537 g/mol. The fourth-order valence-electron chi connectivity index (χ4n) is 4.30. The van der Waals surface area contributed by atoms with Crippen LogP contribution in [0.4, 0.5) is 0 Å². The number of carbonyl (C=O) groups excluding carboxylic acids is 1. The zero-order valence-electron chi connectivity index (χ0n) is 23.4. The first-order chi connectivity index (χ1) is 19.4. The van der Waals surface area contributed by atoms with E-state index in [-0.39, 0.29) is 23.9 Å². The lowest BCUT2D eigenvalue weighted by molar-refractivity contribution is 0.0921. The minimum Gasteiger partial charge on any atom is -0.504 e. The Morgan fingerprint density at radius 2 is 1.32 bits per heavy atom. The number of methoxy groups -OCH3 is 1. The highest BCUT2D eigenvalue weighted by Crippen LogP contribution is 2.34. The molecule has 0 heterocycles. The summed E-state index contributed by atoms with van der Waals surface area (Å²) in [6.07, 6.45) is 0. The zero-order valence-corrected chi connectivity index (χ0v) is 23.4. The minimum atomic E-state index is -0.212. The van der Waals surface area contributed by atoms with E-state index in [0.717, 1.165) is 40.1 Å². The van der Waals surface area contributed by atoms with E-state index in [1.807, 2.05) is 68.7 Å². The molecule has 40 heavy (non-hydrogen) atoms. The van der Waals surface area contributed by atoms with Gasteiger partial charge in [-0.1, -0.05) is 54.6 Å². The lowest BCUT2D eigenvalue weighted by atomic mass is 9.90. The molecule has 0 aromatic heterocycles. The van der Waals surface area contributed by atoms with E-state index < -0.39 is 0 Å². The third-order valence-electron chi connectivity index (χ3n) is 6.55. The van der Waals surface area contributed by atoms with Crippen molar-refractivity contribution in [3.63, 3.8) is 0 Å². The number of likely N-dealkylation sites (N-methyl/N-ethyl adjacent to an activating group) is 1. The topological polar surface area (TPSA) is 68.2 Å². The smallest absolute Gasteiger partial charge is 0.200 e. The summed E-state index contributed by atoms with van der Waals surface area (Å²) in [7, 11) is 5.49. The summed E-state index contributed by atoms with van der Waals surface area (Å²) in [5.41, 5.74) is 5.90. The minimum absolute atomic E-state index is 0.0169. The number of aromatic hydroxyl groups is 1. The van der Waals surface area contributed by atoms with Gasteiger partial charge >= 0.3 is 0 Å². The van der Waals surface area contributed by atoms with Crippen molar-refractivity contribution in [1.29, 1.82) is 0 Å². The van der Waals surface area contributed by atoms with E-state index in [9.17, 15) is 9.90 Å². The quantitative estimate of drug-likeness (QED) is 0.163. The molecule has 0 bridgehead atoms. The second-order valence-corrected chi connectivity index (χ2v) is 9.66. The third kappa shape index (κ3) is 7.30. The Labute approximate surface area is 236 Å². The molecule has 0 aliphatic carbocycles. The average molecular weight is 538 g/mol. The van der Waals surface area contributed by atoms with Gasteiger partial charge in [0.05, 0.1) is 7.11 Å². The number of rotatable bonds is 12. The second kappa shape index (κ2) is 13.5. The summed E-state index contributed by atoms with van der Waals surface area (Å²) in [4.78, 5) is 14.7. The molecule has 0 saturated carbocycles. The van der Waals surface area contributed by atoms with E-state index in [2.05, 4.69) is 36.1 Å². The van der Waals surface area contributed by atoms with E-state index in [1.165, 1.54) is 19.2 Å². The summed E-state index contributed by atoms with van der Waals surface area (Å²) in [5, 5.41) is 9.78. The van der Waals surface area contributed by atoms with Crippen molar-refractivity contribution in [3.8, 4) is 23.0 Å². The molecule has 4 aromatic carbocycles. The highest BCUT2D eigenvalue weighted by Gasteiger charge is 2.14. The number of ether oxygens (including phenoxy) is 3. The van der Waals surface area contributed by atoms with Crippen LogP contribution in [0.3, 0.4) is 0 Å². The molecule has 6 heteroatoms. The summed E-state index contributed by atoms with van der Waals surface area (Å²) in [5.74, 6) is 1.44. The van der Waals surface area contributed by atoms with Crippen LogP contribution in [-0.4, -0.2) is 56.8 Å². The Morgan fingerprint density at radius 1 is 0.750 bits per heavy atom. The first kappa shape index (κ1) is 28.5.